The minimum absolute atomic E-state index is 0.0429. The smallest absolute Gasteiger partial charge is 0.307 e. The van der Waals surface area contributed by atoms with E-state index in [0.717, 1.165) is 63.4 Å². The van der Waals surface area contributed by atoms with E-state index in [4.69, 9.17) is 0 Å². The summed E-state index contributed by atoms with van der Waals surface area (Å²) >= 11 is 1.50. The molecule has 0 unspecified atom stereocenters. The zero-order valence-corrected chi connectivity index (χ0v) is 17.8. The number of rotatable bonds is 5. The lowest BCUT2D eigenvalue weighted by molar-refractivity contribution is -0.151. The third kappa shape index (κ3) is 3.37. The van der Waals surface area contributed by atoms with Crippen LogP contribution in [0.1, 0.15) is 65.7 Å². The van der Waals surface area contributed by atoms with E-state index in [1.807, 2.05) is 12.2 Å². The monoisotopic (exact) mass is 428 g/mol. The van der Waals surface area contributed by atoms with Gasteiger partial charge in [-0.25, -0.2) is 0 Å². The molecule has 2 fully saturated rings. The van der Waals surface area contributed by atoms with Gasteiger partial charge in [0.05, 0.1) is 17.4 Å². The van der Waals surface area contributed by atoms with Gasteiger partial charge in [-0.3, -0.25) is 14.4 Å². The highest BCUT2D eigenvalue weighted by Gasteiger charge is 2.48. The van der Waals surface area contributed by atoms with Crippen LogP contribution in [0.25, 0.3) is 0 Å². The van der Waals surface area contributed by atoms with Crippen molar-refractivity contribution in [2.75, 3.05) is 5.32 Å². The van der Waals surface area contributed by atoms with Crippen LogP contribution in [-0.2, 0) is 22.4 Å². The van der Waals surface area contributed by atoms with E-state index in [0.29, 0.717) is 10.6 Å². The molecule has 0 aliphatic heterocycles. The fraction of sp³-hybridized carbons (Fsp3) is 0.609. The maximum absolute atomic E-state index is 13.3. The lowest BCUT2D eigenvalue weighted by Crippen LogP contribution is -2.47. The molecule has 2 saturated carbocycles. The van der Waals surface area contributed by atoms with Gasteiger partial charge in [-0.05, 0) is 62.3 Å². The van der Waals surface area contributed by atoms with Crippen LogP contribution in [0.2, 0.25) is 0 Å². The average molecular weight is 429 g/mol. The number of allylic oxidation sites excluding steroid dienone is 2. The highest BCUT2D eigenvalue weighted by atomic mass is 32.1. The summed E-state index contributed by atoms with van der Waals surface area (Å²) in [5, 5.41) is 16.6. The summed E-state index contributed by atoms with van der Waals surface area (Å²) in [4.78, 5) is 39.5. The molecule has 5 aliphatic carbocycles. The highest BCUT2D eigenvalue weighted by molar-refractivity contribution is 7.17. The topological polar surface area (TPSA) is 95.5 Å². The first-order chi connectivity index (χ1) is 14.5. The van der Waals surface area contributed by atoms with Crippen LogP contribution in [0.4, 0.5) is 5.00 Å². The van der Waals surface area contributed by atoms with Crippen LogP contribution in [0.3, 0.4) is 0 Å². The molecule has 0 saturated heterocycles. The molecule has 0 radical (unpaired) electrons. The molecule has 1 aromatic rings. The summed E-state index contributed by atoms with van der Waals surface area (Å²) in [5.74, 6) is -2.62. The molecule has 2 bridgehead atoms. The Morgan fingerprint density at radius 3 is 2.30 bits per heavy atom. The number of carboxylic acid groups (broad SMARTS) is 1. The number of aryl methyl sites for hydroxylation is 1. The van der Waals surface area contributed by atoms with Gasteiger partial charge in [0.2, 0.25) is 5.91 Å². The maximum Gasteiger partial charge on any atom is 0.307 e. The minimum atomic E-state index is -0.901. The Balaban J connectivity index is 1.40. The largest absolute Gasteiger partial charge is 0.481 e. The van der Waals surface area contributed by atoms with Crippen LogP contribution in [0.15, 0.2) is 12.2 Å². The van der Waals surface area contributed by atoms with Gasteiger partial charge in [-0.15, -0.1) is 11.3 Å². The molecule has 5 aliphatic rings. The second-order valence-corrected chi connectivity index (χ2v) is 10.3. The van der Waals surface area contributed by atoms with Crippen molar-refractivity contribution >= 4 is 34.1 Å². The van der Waals surface area contributed by atoms with E-state index >= 15 is 0 Å². The van der Waals surface area contributed by atoms with E-state index < -0.39 is 17.8 Å². The van der Waals surface area contributed by atoms with Gasteiger partial charge in [0, 0.05) is 10.9 Å². The number of hydrogen-bond acceptors (Lipinski definition) is 4. The molecule has 1 heterocycles. The van der Waals surface area contributed by atoms with Crippen molar-refractivity contribution < 1.29 is 19.5 Å². The summed E-state index contributed by atoms with van der Waals surface area (Å²) < 4.78 is 0. The Bertz CT molecular complexity index is 915. The Labute approximate surface area is 180 Å². The molecule has 1 aromatic heterocycles. The zero-order valence-electron chi connectivity index (χ0n) is 17.0. The second-order valence-electron chi connectivity index (χ2n) is 9.19. The molecule has 6 rings (SSSR count). The molecule has 0 spiro atoms. The first kappa shape index (κ1) is 19.8. The van der Waals surface area contributed by atoms with Gasteiger partial charge in [-0.1, -0.05) is 25.0 Å². The normalized spacial score (nSPS) is 29.7. The fourth-order valence-corrected chi connectivity index (χ4v) is 7.23. The average Bonchev–Trinajstić information content (AvgIpc) is 3.45. The SMILES string of the molecule is O=C(NC1CCCC1)c1c(NC(=O)[C@@H]2[C@H](C(=O)O)[C@@H]3C=C[C@H]2CC3)sc2c1CCC2. The predicted octanol–water partition coefficient (Wildman–Crippen LogP) is 3.76. The lowest BCUT2D eigenvalue weighted by atomic mass is 9.62. The number of nitrogens with one attached hydrogen (secondary N) is 2. The summed E-state index contributed by atoms with van der Waals surface area (Å²) in [7, 11) is 0. The van der Waals surface area contributed by atoms with E-state index in [2.05, 4.69) is 10.6 Å². The molecule has 30 heavy (non-hydrogen) atoms. The van der Waals surface area contributed by atoms with Crippen molar-refractivity contribution in [3.05, 3.63) is 28.2 Å². The number of carboxylic acids is 1. The third-order valence-electron chi connectivity index (χ3n) is 7.41. The fourth-order valence-electron chi connectivity index (χ4n) is 5.94. The second kappa shape index (κ2) is 7.84. The molecular weight excluding hydrogens is 400 g/mol. The van der Waals surface area contributed by atoms with Crippen molar-refractivity contribution in [3.63, 3.8) is 0 Å². The predicted molar refractivity (Wildman–Crippen MR) is 115 cm³/mol. The van der Waals surface area contributed by atoms with Gasteiger partial charge < -0.3 is 15.7 Å². The molecular formula is C23H28N2O4S. The lowest BCUT2D eigenvalue weighted by Gasteiger charge is -2.41. The Morgan fingerprint density at radius 1 is 0.933 bits per heavy atom. The van der Waals surface area contributed by atoms with Crippen molar-refractivity contribution in [3.8, 4) is 0 Å². The van der Waals surface area contributed by atoms with E-state index in [-0.39, 0.29) is 29.7 Å². The van der Waals surface area contributed by atoms with Crippen molar-refractivity contribution in [2.45, 2.75) is 63.8 Å². The van der Waals surface area contributed by atoms with E-state index in [9.17, 15) is 19.5 Å². The highest BCUT2D eigenvalue weighted by Crippen LogP contribution is 2.46. The summed E-state index contributed by atoms with van der Waals surface area (Å²) in [6.45, 7) is 0. The Hall–Kier alpha value is -2.15. The molecule has 0 aromatic carbocycles. The van der Waals surface area contributed by atoms with Crippen LogP contribution in [0, 0.1) is 23.7 Å². The maximum atomic E-state index is 13.3. The van der Waals surface area contributed by atoms with Crippen LogP contribution in [0.5, 0.6) is 0 Å². The summed E-state index contributed by atoms with van der Waals surface area (Å²) in [5.41, 5.74) is 1.70. The molecule has 4 atom stereocenters. The van der Waals surface area contributed by atoms with E-state index in [1.54, 1.807) is 0 Å². The number of amides is 2. The van der Waals surface area contributed by atoms with Crippen LogP contribution < -0.4 is 10.6 Å². The zero-order chi connectivity index (χ0) is 20.8. The van der Waals surface area contributed by atoms with Crippen molar-refractivity contribution in [1.29, 1.82) is 0 Å². The van der Waals surface area contributed by atoms with Crippen molar-refractivity contribution in [2.24, 2.45) is 23.7 Å². The number of carbonyl (C=O) groups is 3. The van der Waals surface area contributed by atoms with Gasteiger partial charge in [-0.2, -0.15) is 0 Å². The number of aliphatic carboxylic acids is 1. The number of hydrogen-bond donors (Lipinski definition) is 3. The van der Waals surface area contributed by atoms with Crippen LogP contribution >= 0.6 is 11.3 Å². The summed E-state index contributed by atoms with van der Waals surface area (Å²) in [6, 6.07) is 0.216. The van der Waals surface area contributed by atoms with Gasteiger partial charge in [0.1, 0.15) is 5.00 Å². The number of thiophene rings is 1. The van der Waals surface area contributed by atoms with Crippen molar-refractivity contribution in [1.82, 2.24) is 5.32 Å². The molecule has 6 nitrogen and oxygen atoms in total. The quantitative estimate of drug-likeness (QED) is 0.622. The molecule has 160 valence electrons. The van der Waals surface area contributed by atoms with Gasteiger partial charge in [0.25, 0.3) is 5.91 Å². The Morgan fingerprint density at radius 2 is 1.63 bits per heavy atom. The summed E-state index contributed by atoms with van der Waals surface area (Å²) in [6.07, 6.45) is 12.8. The van der Waals surface area contributed by atoms with Gasteiger partial charge in [0.15, 0.2) is 0 Å². The standard InChI is InChI=1S/C23H28N2O4S/c26-20(17-12-8-10-13(11-9-12)18(17)23(28)29)25-22-19(15-6-3-7-16(15)30-22)21(27)24-14-4-1-2-5-14/h8,10,12-14,17-18H,1-7,9,11H2,(H,24,27)(H,25,26)(H,28,29)/t12-,13+,17-,18+/m0/s1. The third-order valence-corrected chi connectivity index (χ3v) is 8.62. The molecule has 7 heteroatoms. The first-order valence-corrected chi connectivity index (χ1v) is 12.0. The van der Waals surface area contributed by atoms with Gasteiger partial charge >= 0.3 is 5.97 Å². The Kier molecular flexibility index (Phi) is 5.17. The van der Waals surface area contributed by atoms with Crippen LogP contribution in [-0.4, -0.2) is 28.9 Å². The number of carbonyl (C=O) groups excluding carboxylic acids is 2. The number of anilines is 1. The van der Waals surface area contributed by atoms with E-state index in [1.165, 1.54) is 16.2 Å². The molecule has 3 N–H and O–H groups in total. The minimum Gasteiger partial charge on any atom is -0.481 e. The molecule has 2 amide bonds. The number of fused-ring (bicyclic) bond motifs is 3. The first-order valence-electron chi connectivity index (χ1n) is 11.2.